The van der Waals surface area contributed by atoms with Gasteiger partial charge in [0.05, 0.1) is 12.1 Å². The van der Waals surface area contributed by atoms with Crippen LogP contribution >= 0.6 is 11.6 Å². The molecule has 2 aliphatic rings. The number of carbonyl (C=O) groups excluding carboxylic acids is 3. The summed E-state index contributed by atoms with van der Waals surface area (Å²) in [6, 6.07) is 18.0. The highest BCUT2D eigenvalue weighted by atomic mass is 35.5. The molecule has 41 heavy (non-hydrogen) atoms. The number of rotatable bonds is 2. The van der Waals surface area contributed by atoms with Crippen molar-refractivity contribution in [3.8, 4) is 16.9 Å². The standard InChI is InChI=1S/C31H28ClFN4O4/c32-19-6-10-25-23(14-19)28(18-4-2-1-3-5-18)29(36-25)31(40)37-21-8-9-22(37)17-35-30(39)24-15-20(33)7-11-26(24)41-13-12-34-27(38)16-21/h1-7,10-11,14-15,21-22,36H,8-9,12-13,16-17H2,(H,34,38)(H,35,39)/t21-,22+/m0/s1. The molecule has 2 bridgehead atoms. The number of amides is 3. The number of nitrogens with zero attached hydrogens (tertiary/aromatic N) is 1. The summed E-state index contributed by atoms with van der Waals surface area (Å²) in [5, 5.41) is 7.06. The summed E-state index contributed by atoms with van der Waals surface area (Å²) >= 11 is 6.35. The Kier molecular flexibility index (Phi) is 7.36. The van der Waals surface area contributed by atoms with E-state index in [9.17, 15) is 18.8 Å². The maximum atomic E-state index is 14.4. The summed E-state index contributed by atoms with van der Waals surface area (Å²) in [5.74, 6) is -1.32. The molecule has 1 aromatic heterocycles. The molecule has 210 valence electrons. The highest BCUT2D eigenvalue weighted by Crippen LogP contribution is 2.37. The summed E-state index contributed by atoms with van der Waals surface area (Å²) in [6.45, 7) is 0.430. The first-order valence-corrected chi connectivity index (χ1v) is 13.9. The zero-order valence-corrected chi connectivity index (χ0v) is 22.8. The molecule has 10 heteroatoms. The fraction of sp³-hybridized carbons (Fsp3) is 0.258. The fourth-order valence-corrected chi connectivity index (χ4v) is 5.97. The van der Waals surface area contributed by atoms with E-state index >= 15 is 0 Å². The second kappa shape index (κ2) is 11.2. The van der Waals surface area contributed by atoms with Crippen LogP contribution in [0.4, 0.5) is 4.39 Å². The molecule has 3 heterocycles. The highest BCUT2D eigenvalue weighted by molar-refractivity contribution is 6.31. The van der Waals surface area contributed by atoms with Gasteiger partial charge in [-0.05, 0) is 54.8 Å². The summed E-state index contributed by atoms with van der Waals surface area (Å²) < 4.78 is 19.7. The van der Waals surface area contributed by atoms with Gasteiger partial charge in [-0.2, -0.15) is 0 Å². The van der Waals surface area contributed by atoms with Gasteiger partial charge < -0.3 is 25.3 Å². The summed E-state index contributed by atoms with van der Waals surface area (Å²) in [6.07, 6.45) is 1.29. The third kappa shape index (κ3) is 5.37. The van der Waals surface area contributed by atoms with Gasteiger partial charge in [0.2, 0.25) is 5.91 Å². The molecule has 1 saturated heterocycles. The Morgan fingerprint density at radius 3 is 2.61 bits per heavy atom. The van der Waals surface area contributed by atoms with Gasteiger partial charge in [-0.15, -0.1) is 0 Å². The van der Waals surface area contributed by atoms with Crippen LogP contribution in [0.25, 0.3) is 22.0 Å². The van der Waals surface area contributed by atoms with Crippen LogP contribution < -0.4 is 15.4 Å². The maximum absolute atomic E-state index is 14.4. The smallest absolute Gasteiger partial charge is 0.271 e. The van der Waals surface area contributed by atoms with Crippen LogP contribution in [0.3, 0.4) is 0 Å². The average molecular weight is 575 g/mol. The maximum Gasteiger partial charge on any atom is 0.271 e. The minimum Gasteiger partial charge on any atom is -0.491 e. The first-order chi connectivity index (χ1) is 19.9. The normalized spacial score (nSPS) is 19.6. The number of aromatic amines is 1. The zero-order valence-electron chi connectivity index (χ0n) is 22.1. The van der Waals surface area contributed by atoms with Crippen LogP contribution in [0.1, 0.15) is 40.1 Å². The van der Waals surface area contributed by atoms with Crippen LogP contribution in [0, 0.1) is 5.82 Å². The first-order valence-electron chi connectivity index (χ1n) is 13.6. The number of benzene rings is 3. The summed E-state index contributed by atoms with van der Waals surface area (Å²) in [7, 11) is 0. The van der Waals surface area contributed by atoms with Crippen molar-refractivity contribution in [2.24, 2.45) is 0 Å². The van der Waals surface area contributed by atoms with E-state index in [2.05, 4.69) is 15.6 Å². The number of carbonyl (C=O) groups is 3. The SMILES string of the molecule is O=C1C[C@@H]2CC[C@H](CNC(=O)c3cc(F)ccc3OCCN1)N2C(=O)c1[nH]c2ccc(Cl)cc2c1-c1ccccc1. The van der Waals surface area contributed by atoms with E-state index in [1.165, 1.54) is 12.1 Å². The lowest BCUT2D eigenvalue weighted by molar-refractivity contribution is -0.122. The van der Waals surface area contributed by atoms with Crippen molar-refractivity contribution in [1.82, 2.24) is 20.5 Å². The van der Waals surface area contributed by atoms with E-state index < -0.39 is 11.7 Å². The Labute approximate surface area is 240 Å². The third-order valence-electron chi connectivity index (χ3n) is 7.68. The van der Waals surface area contributed by atoms with Crippen LogP contribution in [-0.4, -0.2) is 59.4 Å². The topological polar surface area (TPSA) is 104 Å². The van der Waals surface area contributed by atoms with Crippen molar-refractivity contribution in [3.05, 3.63) is 88.8 Å². The minimum absolute atomic E-state index is 0.0552. The van der Waals surface area contributed by atoms with Crippen molar-refractivity contribution in [2.75, 3.05) is 19.7 Å². The number of fused-ring (bicyclic) bond motifs is 4. The molecular weight excluding hydrogens is 547 g/mol. The lowest BCUT2D eigenvalue weighted by Crippen LogP contribution is -2.48. The average Bonchev–Trinajstić information content (AvgIpc) is 3.55. The van der Waals surface area contributed by atoms with Gasteiger partial charge in [-0.3, -0.25) is 14.4 Å². The zero-order chi connectivity index (χ0) is 28.5. The van der Waals surface area contributed by atoms with Gasteiger partial charge in [0.15, 0.2) is 0 Å². The molecular formula is C31H28ClFN4O4. The van der Waals surface area contributed by atoms with Gasteiger partial charge in [-0.1, -0.05) is 41.9 Å². The summed E-state index contributed by atoms with van der Waals surface area (Å²) in [4.78, 5) is 45.5. The number of H-pyrrole nitrogens is 1. The van der Waals surface area contributed by atoms with Gasteiger partial charge in [0.25, 0.3) is 11.8 Å². The number of aromatic nitrogens is 1. The molecule has 3 N–H and O–H groups in total. The minimum atomic E-state index is -0.568. The van der Waals surface area contributed by atoms with Gasteiger partial charge in [0.1, 0.15) is 23.9 Å². The van der Waals surface area contributed by atoms with Crippen LogP contribution in [0.15, 0.2) is 66.7 Å². The second-order valence-corrected chi connectivity index (χ2v) is 10.7. The lowest BCUT2D eigenvalue weighted by Gasteiger charge is -2.31. The van der Waals surface area contributed by atoms with E-state index in [0.717, 1.165) is 28.1 Å². The molecule has 6 rings (SSSR count). The molecule has 2 atom stereocenters. The fourth-order valence-electron chi connectivity index (χ4n) is 5.80. The Morgan fingerprint density at radius 2 is 1.78 bits per heavy atom. The largest absolute Gasteiger partial charge is 0.491 e. The molecule has 1 fully saturated rings. The van der Waals surface area contributed by atoms with E-state index in [4.69, 9.17) is 16.3 Å². The third-order valence-corrected chi connectivity index (χ3v) is 7.91. The van der Waals surface area contributed by atoms with Gasteiger partial charge in [-0.25, -0.2) is 4.39 Å². The molecule has 8 nitrogen and oxygen atoms in total. The number of halogens is 2. The van der Waals surface area contributed by atoms with Crippen LogP contribution in [0.2, 0.25) is 5.02 Å². The molecule has 3 aromatic carbocycles. The molecule has 3 amide bonds. The van der Waals surface area contributed by atoms with Crippen molar-refractivity contribution in [2.45, 2.75) is 31.3 Å². The Morgan fingerprint density at radius 1 is 0.976 bits per heavy atom. The molecule has 0 spiro atoms. The summed E-state index contributed by atoms with van der Waals surface area (Å²) in [5.41, 5.74) is 2.78. The van der Waals surface area contributed by atoms with Gasteiger partial charge in [0, 0.05) is 46.5 Å². The van der Waals surface area contributed by atoms with Gasteiger partial charge >= 0.3 is 0 Å². The molecule has 4 aromatic rings. The number of nitrogens with one attached hydrogen (secondary N) is 3. The Balaban J connectivity index is 1.39. The number of hydrogen-bond acceptors (Lipinski definition) is 4. The molecule has 0 unspecified atom stereocenters. The molecule has 2 aliphatic heterocycles. The molecule has 0 radical (unpaired) electrons. The van der Waals surface area contributed by atoms with Crippen molar-refractivity contribution >= 4 is 40.2 Å². The second-order valence-electron chi connectivity index (χ2n) is 10.3. The van der Waals surface area contributed by atoms with E-state index in [1.807, 2.05) is 42.5 Å². The van der Waals surface area contributed by atoms with Crippen molar-refractivity contribution in [1.29, 1.82) is 0 Å². The van der Waals surface area contributed by atoms with E-state index in [-0.39, 0.29) is 61.3 Å². The first kappa shape index (κ1) is 26.8. The van der Waals surface area contributed by atoms with Crippen molar-refractivity contribution in [3.63, 3.8) is 0 Å². The highest BCUT2D eigenvalue weighted by Gasteiger charge is 2.40. The van der Waals surface area contributed by atoms with E-state index in [0.29, 0.717) is 23.6 Å². The Hall–Kier alpha value is -4.37. The number of hydrogen-bond donors (Lipinski definition) is 3. The van der Waals surface area contributed by atoms with Crippen LogP contribution in [-0.2, 0) is 4.79 Å². The number of ether oxygens (including phenoxy) is 1. The molecule has 0 aliphatic carbocycles. The predicted octanol–water partition coefficient (Wildman–Crippen LogP) is 4.93. The van der Waals surface area contributed by atoms with Crippen molar-refractivity contribution < 1.29 is 23.5 Å². The monoisotopic (exact) mass is 574 g/mol. The predicted molar refractivity (Wildman–Crippen MR) is 154 cm³/mol. The van der Waals surface area contributed by atoms with E-state index in [1.54, 1.807) is 11.0 Å². The van der Waals surface area contributed by atoms with Crippen LogP contribution in [0.5, 0.6) is 5.75 Å². The lowest BCUT2D eigenvalue weighted by atomic mass is 10.0. The quantitative estimate of drug-likeness (QED) is 0.316. The Bertz CT molecular complexity index is 1640. The molecule has 0 saturated carbocycles.